The predicted molar refractivity (Wildman–Crippen MR) is 62.0 cm³/mol. The van der Waals surface area contributed by atoms with Gasteiger partial charge in [0.1, 0.15) is 11.8 Å². The molecule has 0 bridgehead atoms. The predicted octanol–water partition coefficient (Wildman–Crippen LogP) is -1.48. The van der Waals surface area contributed by atoms with Crippen molar-refractivity contribution >= 4 is 28.0 Å². The van der Waals surface area contributed by atoms with Gasteiger partial charge in [0.05, 0.1) is 6.54 Å². The van der Waals surface area contributed by atoms with E-state index in [0.29, 0.717) is 10.7 Å². The number of likely N-dealkylation sites (tertiary alicyclic amines) is 1. The van der Waals surface area contributed by atoms with Gasteiger partial charge in [-0.25, -0.2) is 14.2 Å². The fourth-order valence-corrected chi connectivity index (χ4v) is 2.15. The van der Waals surface area contributed by atoms with E-state index < -0.39 is 28.2 Å². The summed E-state index contributed by atoms with van der Waals surface area (Å²) in [5.74, 6) is -0.317. The van der Waals surface area contributed by atoms with Crippen LogP contribution >= 0.6 is 0 Å². The Morgan fingerprint density at radius 1 is 1.63 bits per heavy atom. The molecule has 0 aliphatic carbocycles. The minimum atomic E-state index is -4.19. The van der Waals surface area contributed by atoms with E-state index in [9.17, 15) is 18.0 Å². The van der Waals surface area contributed by atoms with Gasteiger partial charge in [-0.05, 0) is 6.92 Å². The number of nitrogens with zero attached hydrogens (tertiary/aromatic N) is 2. The Morgan fingerprint density at radius 3 is 2.79 bits per heavy atom. The molecular formula is C8H11N5O5S. The minimum Gasteiger partial charge on any atom is -0.360 e. The quantitative estimate of drug-likeness (QED) is 0.574. The van der Waals surface area contributed by atoms with E-state index in [1.807, 2.05) is 4.72 Å². The third-order valence-corrected chi connectivity index (χ3v) is 3.22. The molecule has 11 heteroatoms. The van der Waals surface area contributed by atoms with Crippen LogP contribution < -0.4 is 15.2 Å². The van der Waals surface area contributed by atoms with Crippen molar-refractivity contribution in [1.82, 2.24) is 14.8 Å². The molecule has 1 aliphatic rings. The average Bonchev–Trinajstić information content (AvgIpc) is 2.69. The summed E-state index contributed by atoms with van der Waals surface area (Å²) in [7, 11) is -4.19. The number of hydrogen-bond acceptors (Lipinski definition) is 7. The van der Waals surface area contributed by atoms with Gasteiger partial charge in [0.15, 0.2) is 5.82 Å². The molecule has 1 atom stereocenters. The lowest BCUT2D eigenvalue weighted by molar-refractivity contribution is -0.137. The number of β-lactam (4-membered cyclic amide) rings is 1. The lowest BCUT2D eigenvalue weighted by Crippen LogP contribution is -2.65. The van der Waals surface area contributed by atoms with Crippen molar-refractivity contribution < 1.29 is 22.5 Å². The molecule has 4 N–H and O–H groups in total. The van der Waals surface area contributed by atoms with Crippen LogP contribution in [0.2, 0.25) is 0 Å². The lowest BCUT2D eigenvalue weighted by Gasteiger charge is -2.33. The van der Waals surface area contributed by atoms with Gasteiger partial charge in [0.25, 0.3) is 0 Å². The standard InChI is InChI=1S/C8H11N5O5S/c1-4-2-6(10-18-4)11-19(16,17)12-8(15)13-3-5(9)7(13)14/h2,5H,3,9H2,1H3,(H,10,11)(H,12,15)/t5-/m0/s1. The minimum absolute atomic E-state index is 0.0245. The Hall–Kier alpha value is -2.14. The number of hydrogen-bond donors (Lipinski definition) is 3. The van der Waals surface area contributed by atoms with E-state index in [1.165, 1.54) is 6.07 Å². The van der Waals surface area contributed by atoms with E-state index in [4.69, 9.17) is 5.73 Å². The third kappa shape index (κ3) is 2.82. The van der Waals surface area contributed by atoms with E-state index in [2.05, 4.69) is 9.68 Å². The van der Waals surface area contributed by atoms with E-state index in [0.717, 1.165) is 0 Å². The van der Waals surface area contributed by atoms with Crippen molar-refractivity contribution in [2.75, 3.05) is 11.3 Å². The molecular weight excluding hydrogens is 278 g/mol. The number of nitrogens with two attached hydrogens (primary N) is 1. The maximum atomic E-state index is 11.6. The maximum absolute atomic E-state index is 11.6. The molecule has 1 aromatic rings. The number of urea groups is 1. The first-order valence-electron chi connectivity index (χ1n) is 5.13. The summed E-state index contributed by atoms with van der Waals surface area (Å²) in [6.45, 7) is 1.55. The average molecular weight is 289 g/mol. The van der Waals surface area contributed by atoms with Crippen LogP contribution in [0.3, 0.4) is 0 Å². The van der Waals surface area contributed by atoms with Crippen LogP contribution in [0.5, 0.6) is 0 Å². The number of aromatic nitrogens is 1. The van der Waals surface area contributed by atoms with Gasteiger partial charge in [0, 0.05) is 6.07 Å². The number of amides is 3. The first-order valence-corrected chi connectivity index (χ1v) is 6.61. The summed E-state index contributed by atoms with van der Waals surface area (Å²) in [5.41, 5.74) is 5.28. The maximum Gasteiger partial charge on any atom is 0.339 e. The number of imide groups is 1. The van der Waals surface area contributed by atoms with Gasteiger partial charge >= 0.3 is 16.2 Å². The molecule has 1 fully saturated rings. The van der Waals surface area contributed by atoms with Crippen LogP contribution in [0.1, 0.15) is 5.76 Å². The number of aryl methyl sites for hydroxylation is 1. The second-order valence-corrected chi connectivity index (χ2v) is 5.31. The Bertz CT molecular complexity index is 623. The van der Waals surface area contributed by atoms with Gasteiger partial charge in [-0.1, -0.05) is 5.16 Å². The fraction of sp³-hybridized carbons (Fsp3) is 0.375. The fourth-order valence-electron chi connectivity index (χ4n) is 1.38. The topological polar surface area (TPSA) is 148 Å². The van der Waals surface area contributed by atoms with Crippen molar-refractivity contribution in [1.29, 1.82) is 0 Å². The first-order chi connectivity index (χ1) is 8.78. The summed E-state index contributed by atoms with van der Waals surface area (Å²) in [5, 5.41) is 3.40. The lowest BCUT2D eigenvalue weighted by atomic mass is 10.1. The SMILES string of the molecule is Cc1cc(NS(=O)(=O)NC(=O)N2C[C@H](N)C2=O)no1. The molecule has 3 amide bonds. The summed E-state index contributed by atoms with van der Waals surface area (Å²) in [6.07, 6.45) is 0. The molecule has 1 aromatic heterocycles. The van der Waals surface area contributed by atoms with Crippen LogP contribution in [0.15, 0.2) is 10.6 Å². The molecule has 0 saturated carbocycles. The summed E-state index contributed by atoms with van der Waals surface area (Å²) in [4.78, 5) is 23.3. The van der Waals surface area contributed by atoms with Gasteiger partial charge in [0.2, 0.25) is 5.91 Å². The summed E-state index contributed by atoms with van der Waals surface area (Å²) >= 11 is 0. The Morgan fingerprint density at radius 2 is 2.32 bits per heavy atom. The molecule has 10 nitrogen and oxygen atoms in total. The molecule has 104 valence electrons. The zero-order valence-corrected chi connectivity index (χ0v) is 10.6. The number of anilines is 1. The van der Waals surface area contributed by atoms with Gasteiger partial charge in [-0.2, -0.15) is 8.42 Å². The zero-order chi connectivity index (χ0) is 14.2. The first kappa shape index (κ1) is 13.3. The molecule has 0 aromatic carbocycles. The van der Waals surface area contributed by atoms with Crippen molar-refractivity contribution in [3.05, 3.63) is 11.8 Å². The number of rotatable bonds is 3. The molecule has 0 unspecified atom stereocenters. The third-order valence-electron chi connectivity index (χ3n) is 2.30. The molecule has 1 aliphatic heterocycles. The number of carbonyl (C=O) groups is 2. The Balaban J connectivity index is 1.98. The molecule has 19 heavy (non-hydrogen) atoms. The number of carbonyl (C=O) groups excluding carboxylic acids is 2. The van der Waals surface area contributed by atoms with Crippen LogP contribution in [0, 0.1) is 6.92 Å². The second-order valence-electron chi connectivity index (χ2n) is 3.89. The Labute approximate surface area is 108 Å². The molecule has 2 heterocycles. The molecule has 0 spiro atoms. The zero-order valence-electron chi connectivity index (χ0n) is 9.78. The van der Waals surface area contributed by atoms with Crippen LogP contribution in [0.25, 0.3) is 0 Å². The van der Waals surface area contributed by atoms with Crippen molar-refractivity contribution in [3.8, 4) is 0 Å². The van der Waals surface area contributed by atoms with Gasteiger partial charge < -0.3 is 10.3 Å². The van der Waals surface area contributed by atoms with Crippen molar-refractivity contribution in [3.63, 3.8) is 0 Å². The van der Waals surface area contributed by atoms with E-state index in [-0.39, 0.29) is 12.4 Å². The molecule has 0 radical (unpaired) electrons. The van der Waals surface area contributed by atoms with Crippen molar-refractivity contribution in [2.24, 2.45) is 5.73 Å². The summed E-state index contributed by atoms with van der Waals surface area (Å²) < 4.78 is 31.4. The summed E-state index contributed by atoms with van der Waals surface area (Å²) in [6, 6.07) is -0.506. The van der Waals surface area contributed by atoms with Crippen LogP contribution in [0.4, 0.5) is 10.6 Å². The van der Waals surface area contributed by atoms with Crippen molar-refractivity contribution in [2.45, 2.75) is 13.0 Å². The normalized spacial score (nSPS) is 18.9. The highest BCUT2D eigenvalue weighted by Crippen LogP contribution is 2.10. The van der Waals surface area contributed by atoms with Crippen LogP contribution in [-0.4, -0.2) is 43.0 Å². The largest absolute Gasteiger partial charge is 0.360 e. The number of nitrogens with one attached hydrogen (secondary N) is 2. The molecule has 2 rings (SSSR count). The highest BCUT2D eigenvalue weighted by atomic mass is 32.2. The molecule has 1 saturated heterocycles. The highest BCUT2D eigenvalue weighted by Gasteiger charge is 2.39. The highest BCUT2D eigenvalue weighted by molar-refractivity contribution is 7.91. The monoisotopic (exact) mass is 289 g/mol. The van der Waals surface area contributed by atoms with Gasteiger partial charge in [-0.15, -0.1) is 0 Å². The second kappa shape index (κ2) is 4.51. The Kier molecular flexibility index (Phi) is 3.16. The van der Waals surface area contributed by atoms with E-state index in [1.54, 1.807) is 11.6 Å². The smallest absolute Gasteiger partial charge is 0.339 e. The van der Waals surface area contributed by atoms with Crippen LogP contribution in [-0.2, 0) is 15.0 Å². The van der Waals surface area contributed by atoms with Gasteiger partial charge in [-0.3, -0.25) is 9.69 Å². The van der Waals surface area contributed by atoms with E-state index >= 15 is 0 Å².